The highest BCUT2D eigenvalue weighted by molar-refractivity contribution is 7.99. The maximum atomic E-state index is 13.0. The molecule has 0 fully saturated rings. The number of hydrogen-bond donors (Lipinski definition) is 1. The van der Waals surface area contributed by atoms with Crippen LogP contribution in [0.4, 0.5) is 5.82 Å². The molecule has 0 unspecified atom stereocenters. The Balaban J connectivity index is 1.61. The Morgan fingerprint density at radius 2 is 1.67 bits per heavy atom. The van der Waals surface area contributed by atoms with Crippen LogP contribution >= 0.6 is 11.8 Å². The number of nitrogens with two attached hydrogens (primary N) is 1. The minimum absolute atomic E-state index is 0.0918. The maximum absolute atomic E-state index is 13.0. The third-order valence-corrected chi connectivity index (χ3v) is 5.92. The van der Waals surface area contributed by atoms with E-state index in [1.54, 1.807) is 17.9 Å². The quantitative estimate of drug-likeness (QED) is 0.315. The second-order valence-corrected chi connectivity index (χ2v) is 8.13. The van der Waals surface area contributed by atoms with Gasteiger partial charge in [-0.3, -0.25) is 18.7 Å². The first-order chi connectivity index (χ1) is 16.0. The van der Waals surface area contributed by atoms with Gasteiger partial charge in [-0.2, -0.15) is 0 Å². The van der Waals surface area contributed by atoms with E-state index in [9.17, 15) is 14.4 Å². The third kappa shape index (κ3) is 4.65. The highest BCUT2D eigenvalue weighted by atomic mass is 32.2. The number of para-hydroxylation sites is 1. The molecule has 2 heterocycles. The first-order valence-corrected chi connectivity index (χ1v) is 11.3. The molecule has 0 saturated carbocycles. The summed E-state index contributed by atoms with van der Waals surface area (Å²) in [5.74, 6) is -0.708. The van der Waals surface area contributed by atoms with Crippen LogP contribution in [0.2, 0.25) is 0 Å². The topological polar surface area (TPSA) is 118 Å². The summed E-state index contributed by atoms with van der Waals surface area (Å²) in [5, 5.41) is 4.75. The molecule has 0 amide bonds. The first kappa shape index (κ1) is 22.3. The Bertz CT molecular complexity index is 1390. The number of aromatic nitrogens is 5. The van der Waals surface area contributed by atoms with Crippen LogP contribution in [-0.2, 0) is 13.1 Å². The van der Waals surface area contributed by atoms with Crippen molar-refractivity contribution in [1.29, 1.82) is 0 Å². The number of rotatable bonds is 8. The predicted molar refractivity (Wildman–Crippen MR) is 127 cm³/mol. The SMILES string of the molecule is CCn1c(=O)c(C(=O)CSc2ncn(-c3ccccc3)n2)c(N)n(Cc2ccccc2)c1=O. The highest BCUT2D eigenvalue weighted by Crippen LogP contribution is 2.17. The van der Waals surface area contributed by atoms with Crippen LogP contribution in [0.1, 0.15) is 22.8 Å². The molecule has 0 aliphatic rings. The molecule has 4 aromatic rings. The fourth-order valence-electron chi connectivity index (χ4n) is 3.40. The van der Waals surface area contributed by atoms with Gasteiger partial charge < -0.3 is 5.73 Å². The van der Waals surface area contributed by atoms with Crippen LogP contribution in [0, 0.1) is 0 Å². The molecule has 2 aromatic carbocycles. The van der Waals surface area contributed by atoms with E-state index in [0.717, 1.165) is 27.6 Å². The molecule has 0 bridgehead atoms. The van der Waals surface area contributed by atoms with Gasteiger partial charge in [-0.1, -0.05) is 60.3 Å². The summed E-state index contributed by atoms with van der Waals surface area (Å²) in [7, 11) is 0. The van der Waals surface area contributed by atoms with Crippen LogP contribution in [0.5, 0.6) is 0 Å². The largest absolute Gasteiger partial charge is 0.384 e. The molecule has 0 atom stereocenters. The first-order valence-electron chi connectivity index (χ1n) is 10.3. The van der Waals surface area contributed by atoms with Gasteiger partial charge in [0, 0.05) is 6.54 Å². The minimum Gasteiger partial charge on any atom is -0.384 e. The minimum atomic E-state index is -0.683. The Kier molecular flexibility index (Phi) is 6.55. The van der Waals surface area contributed by atoms with Gasteiger partial charge in [-0.25, -0.2) is 14.5 Å². The van der Waals surface area contributed by atoms with E-state index >= 15 is 0 Å². The molecule has 0 aliphatic heterocycles. The summed E-state index contributed by atoms with van der Waals surface area (Å²) in [6, 6.07) is 18.7. The van der Waals surface area contributed by atoms with Crippen LogP contribution in [-0.4, -0.2) is 35.4 Å². The summed E-state index contributed by atoms with van der Waals surface area (Å²) in [5.41, 5.74) is 6.44. The molecule has 2 N–H and O–H groups in total. The van der Waals surface area contributed by atoms with Crippen LogP contribution in [0.3, 0.4) is 0 Å². The van der Waals surface area contributed by atoms with Crippen molar-refractivity contribution >= 4 is 23.4 Å². The number of anilines is 1. The van der Waals surface area contributed by atoms with Crippen LogP contribution < -0.4 is 17.0 Å². The normalized spacial score (nSPS) is 10.9. The number of carbonyl (C=O) groups excluding carboxylic acids is 1. The molecule has 0 aliphatic carbocycles. The highest BCUT2D eigenvalue weighted by Gasteiger charge is 2.23. The van der Waals surface area contributed by atoms with Crippen LogP contribution in [0.25, 0.3) is 5.69 Å². The van der Waals surface area contributed by atoms with Crippen molar-refractivity contribution < 1.29 is 4.79 Å². The zero-order valence-electron chi connectivity index (χ0n) is 17.9. The smallest absolute Gasteiger partial charge is 0.332 e. The Labute approximate surface area is 193 Å². The molecule has 0 saturated heterocycles. The van der Waals surface area contributed by atoms with Gasteiger partial charge >= 0.3 is 5.69 Å². The molecule has 0 radical (unpaired) electrons. The number of nitrogen functional groups attached to an aromatic ring is 1. The van der Waals surface area contributed by atoms with Crippen LogP contribution in [0.15, 0.2) is 81.7 Å². The van der Waals surface area contributed by atoms with E-state index in [0.29, 0.717) is 5.16 Å². The number of Topliss-reactive ketones (excluding diaryl/α,β-unsaturated/α-hetero) is 1. The molecule has 9 nitrogen and oxygen atoms in total. The lowest BCUT2D eigenvalue weighted by molar-refractivity contribution is 0.102. The van der Waals surface area contributed by atoms with E-state index in [2.05, 4.69) is 10.1 Å². The van der Waals surface area contributed by atoms with Gasteiger partial charge in [0.05, 0.1) is 18.0 Å². The molecular formula is C23H22N6O3S. The van der Waals surface area contributed by atoms with Crippen molar-refractivity contribution in [2.24, 2.45) is 0 Å². The standard InChI is InChI=1S/C23H22N6O3S/c1-2-27-21(31)19(20(24)28(23(27)32)13-16-9-5-3-6-10-16)18(30)14-33-22-25-15-29(26-22)17-11-7-4-8-12-17/h3-12,15H,2,13-14,24H2,1H3. The van der Waals surface area contributed by atoms with Crippen molar-refractivity contribution in [3.63, 3.8) is 0 Å². The summed E-state index contributed by atoms with van der Waals surface area (Å²) < 4.78 is 3.89. The monoisotopic (exact) mass is 462 g/mol. The van der Waals surface area contributed by atoms with Gasteiger partial charge in [-0.05, 0) is 24.6 Å². The molecular weight excluding hydrogens is 440 g/mol. The van der Waals surface area contributed by atoms with E-state index in [-0.39, 0.29) is 30.2 Å². The van der Waals surface area contributed by atoms with Crippen molar-refractivity contribution in [2.45, 2.75) is 25.2 Å². The van der Waals surface area contributed by atoms with Crippen molar-refractivity contribution in [3.05, 3.63) is 99.0 Å². The van der Waals surface area contributed by atoms with Crippen molar-refractivity contribution in [3.8, 4) is 5.69 Å². The lowest BCUT2D eigenvalue weighted by Crippen LogP contribution is -2.44. The van der Waals surface area contributed by atoms with Crippen molar-refractivity contribution in [1.82, 2.24) is 23.9 Å². The Morgan fingerprint density at radius 1 is 1.00 bits per heavy atom. The predicted octanol–water partition coefficient (Wildman–Crippen LogP) is 2.22. The van der Waals surface area contributed by atoms with Gasteiger partial charge in [0.2, 0.25) is 5.16 Å². The number of thioether (sulfide) groups is 1. The molecule has 33 heavy (non-hydrogen) atoms. The number of carbonyl (C=O) groups is 1. The molecule has 0 spiro atoms. The summed E-state index contributed by atoms with van der Waals surface area (Å²) in [4.78, 5) is 43.0. The van der Waals surface area contributed by atoms with E-state index < -0.39 is 17.0 Å². The average molecular weight is 463 g/mol. The summed E-state index contributed by atoms with van der Waals surface area (Å²) in [6.07, 6.45) is 1.56. The Morgan fingerprint density at radius 3 is 2.33 bits per heavy atom. The van der Waals surface area contributed by atoms with Gasteiger partial charge in [-0.15, -0.1) is 5.10 Å². The molecule has 10 heteroatoms. The summed E-state index contributed by atoms with van der Waals surface area (Å²) in [6.45, 7) is 1.96. The van der Waals surface area contributed by atoms with Gasteiger partial charge in [0.1, 0.15) is 17.7 Å². The zero-order chi connectivity index (χ0) is 23.4. The lowest BCUT2D eigenvalue weighted by atomic mass is 10.2. The van der Waals surface area contributed by atoms with E-state index in [1.165, 1.54) is 4.57 Å². The Hall–Kier alpha value is -3.92. The molecule has 4 rings (SSSR count). The number of nitrogens with zero attached hydrogens (tertiary/aromatic N) is 5. The number of hydrogen-bond acceptors (Lipinski definition) is 7. The number of ketones is 1. The second-order valence-electron chi connectivity index (χ2n) is 7.18. The molecule has 2 aromatic heterocycles. The van der Waals surface area contributed by atoms with Gasteiger partial charge in [0.25, 0.3) is 5.56 Å². The second kappa shape index (κ2) is 9.70. The van der Waals surface area contributed by atoms with E-state index in [4.69, 9.17) is 5.73 Å². The summed E-state index contributed by atoms with van der Waals surface area (Å²) >= 11 is 1.10. The lowest BCUT2D eigenvalue weighted by Gasteiger charge is -2.15. The zero-order valence-corrected chi connectivity index (χ0v) is 18.7. The van der Waals surface area contributed by atoms with E-state index in [1.807, 2.05) is 60.7 Å². The van der Waals surface area contributed by atoms with Crippen molar-refractivity contribution in [2.75, 3.05) is 11.5 Å². The number of benzene rings is 2. The third-order valence-electron chi connectivity index (χ3n) is 5.07. The van der Waals surface area contributed by atoms with Gasteiger partial charge in [0.15, 0.2) is 5.78 Å². The fourth-order valence-corrected chi connectivity index (χ4v) is 4.07. The fraction of sp³-hybridized carbons (Fsp3) is 0.174. The average Bonchev–Trinajstić information content (AvgIpc) is 3.31. The maximum Gasteiger partial charge on any atom is 0.332 e. The molecule has 168 valence electrons.